The number of ether oxygens (including phenoxy) is 1. The van der Waals surface area contributed by atoms with Crippen molar-refractivity contribution in [2.24, 2.45) is 0 Å². The number of amides is 1. The van der Waals surface area contributed by atoms with Crippen molar-refractivity contribution >= 4 is 5.91 Å². The Hall–Kier alpha value is -3.45. The number of unbranched alkanes of at least 4 members (excludes halogenated alkanes) is 1. The molecule has 7 nitrogen and oxygen atoms in total. The van der Waals surface area contributed by atoms with Gasteiger partial charge in [-0.3, -0.25) is 14.2 Å². The van der Waals surface area contributed by atoms with Gasteiger partial charge in [0, 0.05) is 32.5 Å². The van der Waals surface area contributed by atoms with Gasteiger partial charge in [0.05, 0.1) is 12.6 Å². The Morgan fingerprint density at radius 2 is 1.83 bits per heavy atom. The summed E-state index contributed by atoms with van der Waals surface area (Å²) >= 11 is 0. The van der Waals surface area contributed by atoms with Crippen LogP contribution in [-0.2, 0) is 11.2 Å². The molecule has 1 N–H and O–H groups in total. The largest absolute Gasteiger partial charge is 0.493 e. The number of nitrogens with zero attached hydrogens (tertiary/aromatic N) is 3. The average Bonchev–Trinajstić information content (AvgIpc) is 3.38. The van der Waals surface area contributed by atoms with Crippen molar-refractivity contribution in [1.29, 1.82) is 0 Å². The number of hydrogen-bond donors (Lipinski definition) is 1. The van der Waals surface area contributed by atoms with E-state index in [9.17, 15) is 14.7 Å². The fourth-order valence-electron chi connectivity index (χ4n) is 4.84. The molecule has 0 spiro atoms. The molecule has 1 aliphatic rings. The normalized spacial score (nSPS) is 16.4. The average molecular weight is 476 g/mol. The Morgan fingerprint density at radius 3 is 2.49 bits per heavy atom. The van der Waals surface area contributed by atoms with Crippen molar-refractivity contribution < 1.29 is 14.6 Å². The first-order chi connectivity index (χ1) is 17.0. The fraction of sp³-hybridized carbons (Fsp3) is 0.393. The highest BCUT2D eigenvalue weighted by atomic mass is 16.5. The first-order valence-electron chi connectivity index (χ1n) is 12.3. The highest BCUT2D eigenvalue weighted by Crippen LogP contribution is 2.29. The quantitative estimate of drug-likeness (QED) is 0.502. The molecule has 1 aliphatic heterocycles. The molecule has 0 aliphatic carbocycles. The number of carbonyl (C=O) groups is 1. The number of hydrogen-bond acceptors (Lipinski definition) is 5. The predicted molar refractivity (Wildman–Crippen MR) is 135 cm³/mol. The monoisotopic (exact) mass is 475 g/mol. The number of aromatic nitrogens is 2. The van der Waals surface area contributed by atoms with Gasteiger partial charge >= 0.3 is 0 Å². The molecule has 7 heteroatoms. The third-order valence-corrected chi connectivity index (χ3v) is 6.70. The molecular formula is C28H33N3O4. The van der Waals surface area contributed by atoms with Crippen LogP contribution < -0.4 is 5.56 Å². The van der Waals surface area contributed by atoms with Crippen LogP contribution >= 0.6 is 0 Å². The van der Waals surface area contributed by atoms with Gasteiger partial charge in [0.25, 0.3) is 11.5 Å². The second-order valence-electron chi connectivity index (χ2n) is 9.03. The van der Waals surface area contributed by atoms with Crippen molar-refractivity contribution in [3.05, 3.63) is 93.5 Å². The molecule has 3 aromatic rings. The maximum absolute atomic E-state index is 13.9. The Bertz CT molecular complexity index is 1190. The van der Waals surface area contributed by atoms with E-state index in [1.54, 1.807) is 16.6 Å². The zero-order valence-electron chi connectivity index (χ0n) is 20.4. The zero-order chi connectivity index (χ0) is 24.8. The topological polar surface area (TPSA) is 84.7 Å². The van der Waals surface area contributed by atoms with Crippen molar-refractivity contribution in [3.63, 3.8) is 0 Å². The van der Waals surface area contributed by atoms with Crippen LogP contribution in [0.2, 0.25) is 0 Å². The standard InChI is InChI=1S/C28H33N3O4/c1-3-4-15-24-29-26(32)25(27(33)30-17-16-22(18-30)20-11-7-5-8-12-20)28(34)31(24)23(19-35-2)21-13-9-6-10-14-21/h5-14,22-23,32H,3-4,15-19H2,1-2H3/t22-,23-/m0/s1. The minimum absolute atomic E-state index is 0.201. The zero-order valence-corrected chi connectivity index (χ0v) is 20.4. The first kappa shape index (κ1) is 24.7. The highest BCUT2D eigenvalue weighted by Gasteiger charge is 2.33. The first-order valence-corrected chi connectivity index (χ1v) is 12.3. The van der Waals surface area contributed by atoms with Crippen molar-refractivity contribution in [1.82, 2.24) is 14.5 Å². The third kappa shape index (κ3) is 5.30. The Balaban J connectivity index is 1.74. The molecule has 1 saturated heterocycles. The molecule has 4 rings (SSSR count). The van der Waals surface area contributed by atoms with E-state index in [1.807, 2.05) is 48.5 Å². The summed E-state index contributed by atoms with van der Waals surface area (Å²) in [4.78, 5) is 33.5. The van der Waals surface area contributed by atoms with E-state index in [1.165, 1.54) is 5.56 Å². The van der Waals surface area contributed by atoms with Gasteiger partial charge in [0.2, 0.25) is 5.88 Å². The van der Waals surface area contributed by atoms with Crippen molar-refractivity contribution in [2.75, 3.05) is 26.8 Å². The maximum Gasteiger partial charge on any atom is 0.271 e. The number of aryl methyl sites for hydroxylation is 1. The Morgan fingerprint density at radius 1 is 1.14 bits per heavy atom. The number of rotatable bonds is 9. The third-order valence-electron chi connectivity index (χ3n) is 6.70. The second-order valence-corrected chi connectivity index (χ2v) is 9.03. The lowest BCUT2D eigenvalue weighted by Gasteiger charge is -2.24. The predicted octanol–water partition coefficient (Wildman–Crippen LogP) is 4.16. The summed E-state index contributed by atoms with van der Waals surface area (Å²) < 4.78 is 7.02. The van der Waals surface area contributed by atoms with Crippen LogP contribution in [-0.4, -0.2) is 52.3 Å². The molecule has 0 radical (unpaired) electrons. The van der Waals surface area contributed by atoms with Gasteiger partial charge < -0.3 is 14.7 Å². The van der Waals surface area contributed by atoms with E-state index >= 15 is 0 Å². The van der Waals surface area contributed by atoms with Gasteiger partial charge in [-0.1, -0.05) is 74.0 Å². The molecule has 1 amide bonds. The van der Waals surface area contributed by atoms with Crippen molar-refractivity contribution in [3.8, 4) is 5.88 Å². The molecule has 0 bridgehead atoms. The Labute approximate surface area is 206 Å². The van der Waals surface area contributed by atoms with E-state index in [2.05, 4.69) is 24.0 Å². The molecule has 2 atom stereocenters. The van der Waals surface area contributed by atoms with Gasteiger partial charge in [-0.2, -0.15) is 4.98 Å². The van der Waals surface area contributed by atoms with Crippen LogP contribution in [0.5, 0.6) is 5.88 Å². The smallest absolute Gasteiger partial charge is 0.271 e. The summed E-state index contributed by atoms with van der Waals surface area (Å²) in [6.45, 7) is 3.32. The van der Waals surface area contributed by atoms with Crippen LogP contribution in [0.1, 0.15) is 65.5 Å². The van der Waals surface area contributed by atoms with Crippen LogP contribution in [0.3, 0.4) is 0 Å². The van der Waals surface area contributed by atoms with E-state index in [0.717, 1.165) is 24.8 Å². The summed E-state index contributed by atoms with van der Waals surface area (Å²) in [6, 6.07) is 19.2. The summed E-state index contributed by atoms with van der Waals surface area (Å²) in [7, 11) is 1.58. The lowest BCUT2D eigenvalue weighted by atomic mass is 9.99. The summed E-state index contributed by atoms with van der Waals surface area (Å²) in [5.41, 5.74) is 1.26. The van der Waals surface area contributed by atoms with Crippen LogP contribution in [0.15, 0.2) is 65.5 Å². The van der Waals surface area contributed by atoms with Crippen molar-refractivity contribution in [2.45, 2.75) is 44.6 Å². The van der Waals surface area contributed by atoms with E-state index in [0.29, 0.717) is 25.3 Å². The van der Waals surface area contributed by atoms with E-state index < -0.39 is 23.4 Å². The van der Waals surface area contributed by atoms with Gasteiger partial charge in [0.15, 0.2) is 5.56 Å². The molecule has 2 aromatic carbocycles. The van der Waals surface area contributed by atoms with Gasteiger partial charge in [0.1, 0.15) is 5.82 Å². The number of carbonyl (C=O) groups excluding carboxylic acids is 1. The summed E-state index contributed by atoms with van der Waals surface area (Å²) in [5, 5.41) is 10.8. The highest BCUT2D eigenvalue weighted by molar-refractivity contribution is 5.96. The number of methoxy groups -OCH3 is 1. The van der Waals surface area contributed by atoms with Gasteiger partial charge in [-0.25, -0.2) is 0 Å². The molecule has 35 heavy (non-hydrogen) atoms. The van der Waals surface area contributed by atoms with Gasteiger partial charge in [-0.05, 0) is 24.0 Å². The second kappa shape index (κ2) is 11.3. The number of benzene rings is 2. The molecule has 1 aromatic heterocycles. The molecule has 0 saturated carbocycles. The molecular weight excluding hydrogens is 442 g/mol. The van der Waals surface area contributed by atoms with Crippen LogP contribution in [0.4, 0.5) is 0 Å². The summed E-state index contributed by atoms with van der Waals surface area (Å²) in [6.07, 6.45) is 3.04. The lowest BCUT2D eigenvalue weighted by Crippen LogP contribution is -2.39. The summed E-state index contributed by atoms with van der Waals surface area (Å²) in [5.74, 6) is -0.305. The molecule has 2 heterocycles. The molecule has 1 fully saturated rings. The minimum Gasteiger partial charge on any atom is -0.493 e. The lowest BCUT2D eigenvalue weighted by molar-refractivity contribution is 0.0783. The van der Waals surface area contributed by atoms with Crippen LogP contribution in [0.25, 0.3) is 0 Å². The minimum atomic E-state index is -0.525. The maximum atomic E-state index is 13.9. The van der Waals surface area contributed by atoms with E-state index in [-0.39, 0.29) is 18.1 Å². The molecule has 184 valence electrons. The SMILES string of the molecule is CCCCc1nc(O)c(C(=O)N2CC[C@H](c3ccccc3)C2)c(=O)n1[C@@H](COC)c1ccccc1. The van der Waals surface area contributed by atoms with Gasteiger partial charge in [-0.15, -0.1) is 0 Å². The Kier molecular flexibility index (Phi) is 7.98. The number of aromatic hydroxyl groups is 1. The number of likely N-dealkylation sites (tertiary alicyclic amines) is 1. The van der Waals surface area contributed by atoms with Crippen LogP contribution in [0, 0.1) is 0 Å². The van der Waals surface area contributed by atoms with E-state index in [4.69, 9.17) is 4.74 Å². The fourth-order valence-corrected chi connectivity index (χ4v) is 4.84. The molecule has 0 unspecified atom stereocenters.